The predicted molar refractivity (Wildman–Crippen MR) is 69.6 cm³/mol. The minimum atomic E-state index is -0.724. The van der Waals surface area contributed by atoms with Gasteiger partial charge in [0.15, 0.2) is 11.3 Å². The fraction of sp³-hybridized carbons (Fsp3) is 0.286. The van der Waals surface area contributed by atoms with Crippen molar-refractivity contribution in [3.05, 3.63) is 40.2 Å². The number of hydrogen-bond donors (Lipinski definition) is 0. The van der Waals surface area contributed by atoms with Crippen molar-refractivity contribution in [2.75, 3.05) is 13.2 Å². The van der Waals surface area contributed by atoms with E-state index in [0.29, 0.717) is 23.3 Å². The molecule has 1 aromatic carbocycles. The van der Waals surface area contributed by atoms with Crippen LogP contribution in [-0.4, -0.2) is 19.2 Å². The van der Waals surface area contributed by atoms with Crippen molar-refractivity contribution in [1.29, 1.82) is 0 Å². The number of rotatable bonds is 4. The van der Waals surface area contributed by atoms with Gasteiger partial charge in [-0.1, -0.05) is 12.1 Å². The Hall–Kier alpha value is -2.30. The fourth-order valence-electron chi connectivity index (χ4n) is 1.74. The second-order valence-corrected chi connectivity index (χ2v) is 3.78. The molecule has 0 saturated carbocycles. The van der Waals surface area contributed by atoms with Gasteiger partial charge in [0.1, 0.15) is 5.56 Å². The van der Waals surface area contributed by atoms with Crippen molar-refractivity contribution >= 4 is 16.9 Å². The predicted octanol–water partition coefficient (Wildman–Crippen LogP) is 2.37. The first-order valence-electron chi connectivity index (χ1n) is 6.04. The van der Waals surface area contributed by atoms with Crippen LogP contribution in [0.2, 0.25) is 0 Å². The first kappa shape index (κ1) is 13.1. The number of carbonyl (C=O) groups excluding carboxylic acids is 1. The van der Waals surface area contributed by atoms with Crippen molar-refractivity contribution in [3.8, 4) is 5.75 Å². The lowest BCUT2D eigenvalue weighted by Crippen LogP contribution is -2.16. The molecule has 0 N–H and O–H groups in total. The average molecular weight is 262 g/mol. The normalized spacial score (nSPS) is 10.4. The van der Waals surface area contributed by atoms with Crippen LogP contribution in [0.5, 0.6) is 5.75 Å². The van der Waals surface area contributed by atoms with Crippen LogP contribution in [0.3, 0.4) is 0 Å². The topological polar surface area (TPSA) is 65.7 Å². The quantitative estimate of drug-likeness (QED) is 0.625. The highest BCUT2D eigenvalue weighted by Gasteiger charge is 2.16. The molecular weight excluding hydrogens is 248 g/mol. The summed E-state index contributed by atoms with van der Waals surface area (Å²) in [6.07, 6.45) is 0. The van der Waals surface area contributed by atoms with E-state index in [4.69, 9.17) is 13.9 Å². The van der Waals surface area contributed by atoms with Gasteiger partial charge in [0, 0.05) is 5.39 Å². The lowest BCUT2D eigenvalue weighted by atomic mass is 10.2. The smallest absolute Gasteiger partial charge is 0.351 e. The van der Waals surface area contributed by atoms with E-state index in [1.54, 1.807) is 25.1 Å². The average Bonchev–Trinajstić information content (AvgIpc) is 2.39. The van der Waals surface area contributed by atoms with Gasteiger partial charge in [0.25, 0.3) is 0 Å². The molecule has 0 saturated heterocycles. The summed E-state index contributed by atoms with van der Waals surface area (Å²) in [6, 6.07) is 6.67. The Morgan fingerprint density at radius 1 is 1.26 bits per heavy atom. The van der Waals surface area contributed by atoms with Gasteiger partial charge in [-0.2, -0.15) is 0 Å². The van der Waals surface area contributed by atoms with Gasteiger partial charge in [-0.05, 0) is 26.0 Å². The SMILES string of the molecule is CCOC(=O)c1cc2cccc(OCC)c2oc1=O. The fourth-order valence-corrected chi connectivity index (χ4v) is 1.74. The molecule has 5 nitrogen and oxygen atoms in total. The lowest BCUT2D eigenvalue weighted by molar-refractivity contribution is 0.0521. The van der Waals surface area contributed by atoms with Crippen molar-refractivity contribution in [3.63, 3.8) is 0 Å². The molecule has 0 unspecified atom stereocenters. The summed E-state index contributed by atoms with van der Waals surface area (Å²) in [4.78, 5) is 23.4. The van der Waals surface area contributed by atoms with Crippen LogP contribution in [0.25, 0.3) is 11.0 Å². The molecule has 0 aliphatic carbocycles. The van der Waals surface area contributed by atoms with E-state index in [1.807, 2.05) is 6.92 Å². The summed E-state index contributed by atoms with van der Waals surface area (Å²) in [5.41, 5.74) is -0.497. The van der Waals surface area contributed by atoms with E-state index in [2.05, 4.69) is 0 Å². The van der Waals surface area contributed by atoms with Crippen LogP contribution in [0.15, 0.2) is 33.5 Å². The third kappa shape index (κ3) is 2.59. The molecule has 2 rings (SSSR count). The van der Waals surface area contributed by atoms with E-state index in [-0.39, 0.29) is 12.2 Å². The monoisotopic (exact) mass is 262 g/mol. The summed E-state index contributed by atoms with van der Waals surface area (Å²) >= 11 is 0. The van der Waals surface area contributed by atoms with E-state index >= 15 is 0 Å². The minimum Gasteiger partial charge on any atom is -0.490 e. The standard InChI is InChI=1S/C14H14O5/c1-3-17-11-7-5-6-9-8-10(13(15)18-4-2)14(16)19-12(9)11/h5-8H,3-4H2,1-2H3. The number of carbonyl (C=O) groups is 1. The second-order valence-electron chi connectivity index (χ2n) is 3.78. The molecule has 19 heavy (non-hydrogen) atoms. The van der Waals surface area contributed by atoms with Crippen LogP contribution in [-0.2, 0) is 4.74 Å². The van der Waals surface area contributed by atoms with Gasteiger partial charge in [0.2, 0.25) is 0 Å². The first-order valence-corrected chi connectivity index (χ1v) is 6.04. The molecule has 5 heteroatoms. The summed E-state index contributed by atoms with van der Waals surface area (Å²) in [5.74, 6) is -0.201. The maximum absolute atomic E-state index is 11.8. The lowest BCUT2D eigenvalue weighted by Gasteiger charge is -2.06. The Kier molecular flexibility index (Phi) is 3.85. The third-order valence-electron chi connectivity index (χ3n) is 2.52. The Balaban J connectivity index is 2.58. The van der Waals surface area contributed by atoms with Gasteiger partial charge in [0.05, 0.1) is 13.2 Å². The molecule has 0 radical (unpaired) electrons. The van der Waals surface area contributed by atoms with Crippen molar-refractivity contribution in [2.24, 2.45) is 0 Å². The van der Waals surface area contributed by atoms with Crippen LogP contribution < -0.4 is 10.4 Å². The van der Waals surface area contributed by atoms with E-state index < -0.39 is 11.6 Å². The van der Waals surface area contributed by atoms with Gasteiger partial charge in [-0.3, -0.25) is 0 Å². The maximum Gasteiger partial charge on any atom is 0.351 e. The molecule has 1 aromatic heterocycles. The van der Waals surface area contributed by atoms with Gasteiger partial charge < -0.3 is 13.9 Å². The highest BCUT2D eigenvalue weighted by Crippen LogP contribution is 2.24. The third-order valence-corrected chi connectivity index (χ3v) is 2.52. The summed E-state index contributed by atoms with van der Waals surface area (Å²) < 4.78 is 15.3. The largest absolute Gasteiger partial charge is 0.490 e. The maximum atomic E-state index is 11.8. The van der Waals surface area contributed by atoms with Crippen LogP contribution >= 0.6 is 0 Å². The zero-order chi connectivity index (χ0) is 13.8. The molecular formula is C14H14O5. The highest BCUT2D eigenvalue weighted by molar-refractivity contribution is 5.93. The van der Waals surface area contributed by atoms with E-state index in [0.717, 1.165) is 0 Å². The number of hydrogen-bond acceptors (Lipinski definition) is 5. The molecule has 2 aromatic rings. The highest BCUT2D eigenvalue weighted by atomic mass is 16.5. The van der Waals surface area contributed by atoms with Gasteiger partial charge in [-0.25, -0.2) is 9.59 Å². The molecule has 0 fully saturated rings. The Bertz CT molecular complexity index is 656. The molecule has 0 aliphatic rings. The molecule has 0 aliphatic heterocycles. The number of para-hydroxylation sites is 1. The molecule has 0 spiro atoms. The number of ether oxygens (including phenoxy) is 2. The van der Waals surface area contributed by atoms with E-state index in [1.165, 1.54) is 6.07 Å². The second kappa shape index (κ2) is 5.56. The van der Waals surface area contributed by atoms with Crippen LogP contribution in [0.1, 0.15) is 24.2 Å². The Labute approximate surface area is 109 Å². The zero-order valence-electron chi connectivity index (χ0n) is 10.8. The number of esters is 1. The number of fused-ring (bicyclic) bond motifs is 1. The van der Waals surface area contributed by atoms with Crippen molar-refractivity contribution in [2.45, 2.75) is 13.8 Å². The number of benzene rings is 1. The summed E-state index contributed by atoms with van der Waals surface area (Å²) in [6.45, 7) is 4.18. The first-order chi connectivity index (χ1) is 9.17. The minimum absolute atomic E-state index is 0.108. The van der Waals surface area contributed by atoms with Crippen LogP contribution in [0, 0.1) is 0 Å². The van der Waals surface area contributed by atoms with E-state index in [9.17, 15) is 9.59 Å². The Morgan fingerprint density at radius 3 is 2.74 bits per heavy atom. The zero-order valence-corrected chi connectivity index (χ0v) is 10.8. The van der Waals surface area contributed by atoms with Crippen molar-refractivity contribution in [1.82, 2.24) is 0 Å². The summed E-state index contributed by atoms with van der Waals surface area (Å²) in [5, 5.41) is 0.619. The summed E-state index contributed by atoms with van der Waals surface area (Å²) in [7, 11) is 0. The van der Waals surface area contributed by atoms with Gasteiger partial charge in [-0.15, -0.1) is 0 Å². The molecule has 0 amide bonds. The van der Waals surface area contributed by atoms with Crippen LogP contribution in [0.4, 0.5) is 0 Å². The van der Waals surface area contributed by atoms with Gasteiger partial charge >= 0.3 is 11.6 Å². The molecule has 0 atom stereocenters. The van der Waals surface area contributed by atoms with Crippen molar-refractivity contribution < 1.29 is 18.7 Å². The molecule has 0 bridgehead atoms. The molecule has 100 valence electrons. The molecule has 1 heterocycles. The Morgan fingerprint density at radius 2 is 2.05 bits per heavy atom.